The van der Waals surface area contributed by atoms with Crippen LogP contribution in [0.1, 0.15) is 17.3 Å². The van der Waals surface area contributed by atoms with Crippen molar-refractivity contribution in [1.29, 1.82) is 0 Å². The van der Waals surface area contributed by atoms with Gasteiger partial charge in [0.2, 0.25) is 0 Å². The van der Waals surface area contributed by atoms with E-state index < -0.39 is 38.3 Å². The van der Waals surface area contributed by atoms with Crippen molar-refractivity contribution in [2.24, 2.45) is 0 Å². The zero-order valence-electron chi connectivity index (χ0n) is 17.5. The number of carbonyl (C=O) groups excluding carboxylic acids is 1. The first-order chi connectivity index (χ1) is 15.0. The van der Waals surface area contributed by atoms with Crippen LogP contribution in [0.4, 0.5) is 0 Å². The second kappa shape index (κ2) is 13.5. The smallest absolute Gasteiger partial charge is 0.744 e. The molecule has 34 heavy (non-hydrogen) atoms. The van der Waals surface area contributed by atoms with E-state index in [9.17, 15) is 22.9 Å². The molecule has 0 saturated heterocycles. The zero-order chi connectivity index (χ0) is 23.9. The van der Waals surface area contributed by atoms with E-state index in [1.807, 2.05) is 12.1 Å². The fraction of sp³-hybridized carbons (Fsp3) is 0.0476. The number of hydrogen-bond acceptors (Lipinski definition) is 9. The Hall–Kier alpha value is -3.21. The first kappa shape index (κ1) is 30.8. The van der Waals surface area contributed by atoms with E-state index in [-0.39, 0.29) is 32.8 Å². The van der Waals surface area contributed by atoms with Gasteiger partial charge in [-0.2, -0.15) is 0 Å². The molecule has 0 aliphatic carbocycles. The number of fused-ring (bicyclic) bond motifs is 3. The van der Waals surface area contributed by atoms with Crippen LogP contribution >= 0.6 is 0 Å². The number of pyridine rings is 2. The summed E-state index contributed by atoms with van der Waals surface area (Å²) < 4.78 is 31.4. The molecule has 0 bridgehead atoms. The molecule has 0 saturated carbocycles. The third kappa shape index (κ3) is 8.62. The molecule has 0 amide bonds. The molecule has 2 radical (unpaired) electrons. The average Bonchev–Trinajstić information content (AvgIpc) is 2.73. The maximum absolute atomic E-state index is 10.5. The Morgan fingerprint density at radius 1 is 0.912 bits per heavy atom. The predicted octanol–water partition coefficient (Wildman–Crippen LogP) is 0.328. The van der Waals surface area contributed by atoms with Crippen molar-refractivity contribution in [2.75, 3.05) is 0 Å². The summed E-state index contributed by atoms with van der Waals surface area (Å²) in [7, 11) is -4.73. The van der Waals surface area contributed by atoms with Gasteiger partial charge in [0.1, 0.15) is 15.9 Å². The van der Waals surface area contributed by atoms with Crippen molar-refractivity contribution in [2.45, 2.75) is 11.8 Å². The number of carboxylic acid groups (broad SMARTS) is 2. The quantitative estimate of drug-likeness (QED) is 0.168. The van der Waals surface area contributed by atoms with Gasteiger partial charge >= 0.3 is 27.3 Å². The number of benzene rings is 2. The van der Waals surface area contributed by atoms with Crippen molar-refractivity contribution in [3.63, 3.8) is 0 Å². The summed E-state index contributed by atoms with van der Waals surface area (Å²) in [4.78, 5) is 27.3. The Balaban J connectivity index is 0.000000528. The first-order valence-corrected chi connectivity index (χ1v) is 10.2. The van der Waals surface area contributed by atoms with Crippen molar-refractivity contribution in [1.82, 2.24) is 9.97 Å². The van der Waals surface area contributed by atoms with Gasteiger partial charge in [0.25, 0.3) is 5.97 Å². The topological polar surface area (TPSA) is 212 Å². The molecule has 4 aromatic rings. The van der Waals surface area contributed by atoms with E-state index in [4.69, 9.17) is 15.0 Å². The average molecular weight is 682 g/mol. The van der Waals surface area contributed by atoms with Crippen LogP contribution in [-0.4, -0.2) is 77.9 Å². The van der Waals surface area contributed by atoms with Crippen LogP contribution in [-0.2, 0) is 14.9 Å². The van der Waals surface area contributed by atoms with E-state index in [2.05, 4.69) is 34.2 Å². The summed E-state index contributed by atoms with van der Waals surface area (Å²) in [5.41, 5.74) is 1.22. The Labute approximate surface area is 213 Å². The number of hydrogen-bond donors (Lipinski definition) is 2. The maximum Gasteiger partial charge on any atom is 2.00 e. The van der Waals surface area contributed by atoms with E-state index in [0.29, 0.717) is 6.07 Å². The van der Waals surface area contributed by atoms with Crippen LogP contribution in [0.15, 0.2) is 71.9 Å². The number of aromatic hydroxyl groups is 1. The fourth-order valence-electron chi connectivity index (χ4n) is 2.51. The Morgan fingerprint density at radius 2 is 1.35 bits per heavy atom. The van der Waals surface area contributed by atoms with Crippen molar-refractivity contribution in [3.05, 3.63) is 72.6 Å². The van der Waals surface area contributed by atoms with E-state index in [1.54, 1.807) is 12.4 Å². The van der Waals surface area contributed by atoms with Gasteiger partial charge in [-0.15, -0.1) is 0 Å². The van der Waals surface area contributed by atoms with Crippen molar-refractivity contribution in [3.8, 4) is 5.75 Å². The number of carbonyl (C=O) groups is 2. The molecule has 0 aliphatic rings. The summed E-state index contributed by atoms with van der Waals surface area (Å²) in [5.74, 6) is -3.24. The van der Waals surface area contributed by atoms with Gasteiger partial charge in [0, 0.05) is 35.7 Å². The predicted molar refractivity (Wildman–Crippen MR) is 120 cm³/mol. The Kier molecular flexibility index (Phi) is 12.2. The molecular weight excluding hydrogens is 664 g/mol. The number of nitrogens with zero attached hydrogens (tertiary/aromatic N) is 2. The Morgan fingerprint density at radius 3 is 1.74 bits per heavy atom. The van der Waals surface area contributed by atoms with Crippen LogP contribution in [0, 0.1) is 0 Å². The third-order valence-corrected chi connectivity index (χ3v) is 4.65. The largest absolute Gasteiger partial charge is 2.00 e. The second-order valence-electron chi connectivity index (χ2n) is 6.16. The van der Waals surface area contributed by atoms with Crippen molar-refractivity contribution < 1.29 is 43.4 Å². The SMILES string of the molecule is CC(=O)O.O.O=C([O-])c1cc(S(=O)(=O)[O-])ccc1O.[Pb+2].c1cnc2c(c1)ccc1cccnc12. The normalized spacial score (nSPS) is 9.82. The summed E-state index contributed by atoms with van der Waals surface area (Å²) in [5, 5.41) is 29.0. The van der Waals surface area contributed by atoms with E-state index >= 15 is 0 Å². The number of aromatic nitrogens is 2. The van der Waals surface area contributed by atoms with Crippen LogP contribution in [0.3, 0.4) is 0 Å². The maximum atomic E-state index is 10.5. The molecule has 0 spiro atoms. The monoisotopic (exact) mass is 682 g/mol. The van der Waals surface area contributed by atoms with Crippen LogP contribution in [0.5, 0.6) is 5.75 Å². The first-order valence-electron chi connectivity index (χ1n) is 8.79. The van der Waals surface area contributed by atoms with E-state index in [0.717, 1.165) is 40.9 Å². The minimum absolute atomic E-state index is 0. The molecule has 13 heteroatoms. The van der Waals surface area contributed by atoms with Gasteiger partial charge in [-0.3, -0.25) is 14.8 Å². The fourth-order valence-corrected chi connectivity index (χ4v) is 3.01. The summed E-state index contributed by atoms with van der Waals surface area (Å²) in [6.07, 6.45) is 3.60. The Bertz CT molecular complexity index is 1340. The van der Waals surface area contributed by atoms with Gasteiger partial charge in [0.15, 0.2) is 0 Å². The molecule has 0 fully saturated rings. The zero-order valence-corrected chi connectivity index (χ0v) is 22.2. The molecule has 0 aliphatic heterocycles. The van der Waals surface area contributed by atoms with E-state index in [1.165, 1.54) is 0 Å². The molecule has 0 unspecified atom stereocenters. The van der Waals surface area contributed by atoms with Gasteiger partial charge < -0.3 is 30.1 Å². The molecule has 4 N–H and O–H groups in total. The molecular formula is C21H18N2O9PbS. The molecule has 2 aromatic carbocycles. The van der Waals surface area contributed by atoms with Gasteiger partial charge in [-0.05, 0) is 30.3 Å². The van der Waals surface area contributed by atoms with Crippen LogP contribution in [0.25, 0.3) is 21.8 Å². The molecule has 0 atom stereocenters. The summed E-state index contributed by atoms with van der Waals surface area (Å²) >= 11 is 0. The number of rotatable bonds is 2. The summed E-state index contributed by atoms with van der Waals surface area (Å²) in [6, 6.07) is 14.3. The van der Waals surface area contributed by atoms with Crippen LogP contribution < -0.4 is 5.11 Å². The molecule has 176 valence electrons. The van der Waals surface area contributed by atoms with Crippen LogP contribution in [0.2, 0.25) is 0 Å². The van der Waals surface area contributed by atoms with Gasteiger partial charge in [-0.25, -0.2) is 8.42 Å². The van der Waals surface area contributed by atoms with Gasteiger partial charge in [0.05, 0.1) is 21.9 Å². The number of aromatic carboxylic acids is 1. The number of aliphatic carboxylic acids is 1. The molecule has 4 rings (SSSR count). The summed E-state index contributed by atoms with van der Waals surface area (Å²) in [6.45, 7) is 1.08. The molecule has 2 heterocycles. The number of carboxylic acids is 2. The minimum Gasteiger partial charge on any atom is -0.744 e. The van der Waals surface area contributed by atoms with Crippen molar-refractivity contribution >= 4 is 71.2 Å². The second-order valence-corrected chi connectivity index (χ2v) is 7.54. The molecule has 11 nitrogen and oxygen atoms in total. The minimum atomic E-state index is -4.73. The van der Waals surface area contributed by atoms with Gasteiger partial charge in [-0.1, -0.05) is 24.3 Å². The number of phenols is 1. The third-order valence-electron chi connectivity index (χ3n) is 3.82. The molecule has 2 aromatic heterocycles. The standard InChI is InChI=1S/C12H8N2.C7H6O6S.C2H4O2.H2O.Pb/c1-3-9-5-6-10-4-2-8-14-12(10)11(9)13-7-1;8-6-2-1-4(14(11,12)13)3-5(6)7(9)10;1-2(3)4;;/h1-8H;1-3,8H,(H,9,10)(H,11,12,13);1H3,(H,3,4);1H2;/q;;;;+2/p-2.